The van der Waals surface area contributed by atoms with Crippen molar-refractivity contribution in [2.75, 3.05) is 11.9 Å². The first-order valence-electron chi connectivity index (χ1n) is 6.97. The van der Waals surface area contributed by atoms with E-state index in [4.69, 9.17) is 0 Å². The van der Waals surface area contributed by atoms with Crippen LogP contribution in [0.25, 0.3) is 0 Å². The van der Waals surface area contributed by atoms with Gasteiger partial charge in [0.1, 0.15) is 0 Å². The average molecular weight is 262 g/mol. The normalized spacial score (nSPS) is 11.4. The highest BCUT2D eigenvalue weighted by molar-refractivity contribution is 5.92. The van der Waals surface area contributed by atoms with Crippen LogP contribution < -0.4 is 10.6 Å². The molecule has 3 nitrogen and oxygen atoms in total. The van der Waals surface area contributed by atoms with Crippen LogP contribution >= 0.6 is 0 Å². The Morgan fingerprint density at radius 1 is 1.26 bits per heavy atom. The zero-order chi connectivity index (χ0) is 14.5. The van der Waals surface area contributed by atoms with Crippen molar-refractivity contribution in [1.29, 1.82) is 0 Å². The fourth-order valence-corrected chi connectivity index (χ4v) is 1.95. The third-order valence-corrected chi connectivity index (χ3v) is 3.01. The van der Waals surface area contributed by atoms with Crippen molar-refractivity contribution < 1.29 is 4.79 Å². The molecule has 0 fully saturated rings. The predicted octanol–water partition coefficient (Wildman–Crippen LogP) is 3.27. The van der Waals surface area contributed by atoms with Crippen molar-refractivity contribution in [3.63, 3.8) is 0 Å². The molecule has 3 heteroatoms. The second-order valence-electron chi connectivity index (χ2n) is 5.94. The lowest BCUT2D eigenvalue weighted by Crippen LogP contribution is -2.37. The number of carbonyl (C=O) groups is 1. The molecular formula is C16H26N2O. The van der Waals surface area contributed by atoms with Crippen LogP contribution in [0, 0.1) is 6.92 Å². The summed E-state index contributed by atoms with van der Waals surface area (Å²) in [6.07, 6.45) is 1.42. The highest BCUT2D eigenvalue weighted by atomic mass is 16.1. The van der Waals surface area contributed by atoms with Crippen LogP contribution in [0.1, 0.15) is 45.2 Å². The summed E-state index contributed by atoms with van der Waals surface area (Å²) in [5.41, 5.74) is 3.34. The Balaban J connectivity index is 2.58. The molecule has 0 atom stereocenters. The van der Waals surface area contributed by atoms with E-state index in [1.807, 2.05) is 19.1 Å². The van der Waals surface area contributed by atoms with Gasteiger partial charge < -0.3 is 10.6 Å². The Bertz CT molecular complexity index is 433. The zero-order valence-electron chi connectivity index (χ0n) is 12.8. The predicted molar refractivity (Wildman–Crippen MR) is 81.6 cm³/mol. The standard InChI is InChI=1S/C16H26N2O/c1-6-13-9-7-8-12(2)15(13)18-14(19)10-11-17-16(3,4)5/h7-9,17H,6,10-11H2,1-5H3,(H,18,19). The average Bonchev–Trinajstić information content (AvgIpc) is 2.30. The Morgan fingerprint density at radius 2 is 1.95 bits per heavy atom. The Kier molecular flexibility index (Phi) is 5.55. The fraction of sp³-hybridized carbons (Fsp3) is 0.562. The van der Waals surface area contributed by atoms with Gasteiger partial charge in [0.25, 0.3) is 0 Å². The number of anilines is 1. The molecule has 0 heterocycles. The molecule has 1 amide bonds. The first kappa shape index (κ1) is 15.7. The van der Waals surface area contributed by atoms with Crippen LogP contribution in [0.3, 0.4) is 0 Å². The second kappa shape index (κ2) is 6.71. The van der Waals surface area contributed by atoms with Gasteiger partial charge in [0.05, 0.1) is 0 Å². The molecule has 0 aliphatic carbocycles. The summed E-state index contributed by atoms with van der Waals surface area (Å²) in [7, 11) is 0. The molecule has 0 unspecified atom stereocenters. The molecule has 0 aliphatic heterocycles. The summed E-state index contributed by atoms with van der Waals surface area (Å²) in [6.45, 7) is 11.1. The topological polar surface area (TPSA) is 41.1 Å². The highest BCUT2D eigenvalue weighted by Gasteiger charge is 2.11. The second-order valence-corrected chi connectivity index (χ2v) is 5.94. The van der Waals surface area contributed by atoms with E-state index >= 15 is 0 Å². The van der Waals surface area contributed by atoms with Crippen molar-refractivity contribution >= 4 is 11.6 Å². The maximum Gasteiger partial charge on any atom is 0.225 e. The van der Waals surface area contributed by atoms with Gasteiger partial charge in [0, 0.05) is 24.2 Å². The number of amides is 1. The Hall–Kier alpha value is -1.35. The minimum absolute atomic E-state index is 0.0531. The van der Waals surface area contributed by atoms with Crippen molar-refractivity contribution in [2.24, 2.45) is 0 Å². The summed E-state index contributed by atoms with van der Waals surface area (Å²) in [6, 6.07) is 6.13. The van der Waals surface area contributed by atoms with E-state index in [0.29, 0.717) is 13.0 Å². The molecule has 2 N–H and O–H groups in total. The van der Waals surface area contributed by atoms with Gasteiger partial charge in [-0.1, -0.05) is 25.1 Å². The molecule has 0 aliphatic rings. The molecule has 0 radical (unpaired) electrons. The third-order valence-electron chi connectivity index (χ3n) is 3.01. The monoisotopic (exact) mass is 262 g/mol. The van der Waals surface area contributed by atoms with Crippen LogP contribution in [0.15, 0.2) is 18.2 Å². The smallest absolute Gasteiger partial charge is 0.225 e. The van der Waals surface area contributed by atoms with Crippen molar-refractivity contribution in [3.05, 3.63) is 29.3 Å². The quantitative estimate of drug-likeness (QED) is 0.855. The van der Waals surface area contributed by atoms with Gasteiger partial charge >= 0.3 is 0 Å². The van der Waals surface area contributed by atoms with Gasteiger partial charge in [0.2, 0.25) is 5.91 Å². The van der Waals surface area contributed by atoms with E-state index < -0.39 is 0 Å². The van der Waals surface area contributed by atoms with E-state index in [9.17, 15) is 4.79 Å². The number of rotatable bonds is 5. The van der Waals surface area contributed by atoms with Gasteiger partial charge in [-0.3, -0.25) is 4.79 Å². The van der Waals surface area contributed by atoms with E-state index in [2.05, 4.69) is 44.4 Å². The molecule has 0 spiro atoms. The number of hydrogen-bond acceptors (Lipinski definition) is 2. The summed E-state index contributed by atoms with van der Waals surface area (Å²) in [5, 5.41) is 6.36. The molecule has 19 heavy (non-hydrogen) atoms. The lowest BCUT2D eigenvalue weighted by molar-refractivity contribution is -0.116. The molecule has 0 aromatic heterocycles. The number of benzene rings is 1. The lowest BCUT2D eigenvalue weighted by Gasteiger charge is -2.20. The molecule has 1 rings (SSSR count). The van der Waals surface area contributed by atoms with Gasteiger partial charge in [0.15, 0.2) is 0 Å². The molecule has 0 saturated carbocycles. The Labute approximate surface area is 116 Å². The maximum atomic E-state index is 12.0. The van der Waals surface area contributed by atoms with E-state index in [1.54, 1.807) is 0 Å². The number of para-hydroxylation sites is 1. The van der Waals surface area contributed by atoms with E-state index in [0.717, 1.165) is 17.7 Å². The SMILES string of the molecule is CCc1cccc(C)c1NC(=O)CCNC(C)(C)C. The van der Waals surface area contributed by atoms with Gasteiger partial charge in [-0.05, 0) is 45.2 Å². The van der Waals surface area contributed by atoms with Crippen LogP contribution in [-0.4, -0.2) is 18.0 Å². The summed E-state index contributed by atoms with van der Waals surface area (Å²) in [4.78, 5) is 12.0. The summed E-state index contributed by atoms with van der Waals surface area (Å²) in [5.74, 6) is 0.0701. The third kappa shape index (κ3) is 5.43. The molecule has 1 aromatic rings. The van der Waals surface area contributed by atoms with Crippen molar-refractivity contribution in [1.82, 2.24) is 5.32 Å². The van der Waals surface area contributed by atoms with Crippen LogP contribution in [-0.2, 0) is 11.2 Å². The first-order chi connectivity index (χ1) is 8.83. The maximum absolute atomic E-state index is 12.0. The largest absolute Gasteiger partial charge is 0.326 e. The first-order valence-corrected chi connectivity index (χ1v) is 6.97. The van der Waals surface area contributed by atoms with Gasteiger partial charge in [-0.15, -0.1) is 0 Å². The van der Waals surface area contributed by atoms with E-state index in [-0.39, 0.29) is 11.4 Å². The zero-order valence-corrected chi connectivity index (χ0v) is 12.8. The molecule has 106 valence electrons. The van der Waals surface area contributed by atoms with Crippen LogP contribution in [0.4, 0.5) is 5.69 Å². The summed E-state index contributed by atoms with van der Waals surface area (Å²) < 4.78 is 0. The number of hydrogen-bond donors (Lipinski definition) is 2. The molecule has 0 saturated heterocycles. The van der Waals surface area contributed by atoms with Crippen molar-refractivity contribution in [3.8, 4) is 0 Å². The highest BCUT2D eigenvalue weighted by Crippen LogP contribution is 2.21. The Morgan fingerprint density at radius 3 is 2.53 bits per heavy atom. The summed E-state index contributed by atoms with van der Waals surface area (Å²) >= 11 is 0. The molecule has 1 aromatic carbocycles. The molecule has 0 bridgehead atoms. The fourth-order valence-electron chi connectivity index (χ4n) is 1.95. The van der Waals surface area contributed by atoms with Crippen LogP contribution in [0.2, 0.25) is 0 Å². The van der Waals surface area contributed by atoms with Gasteiger partial charge in [-0.25, -0.2) is 0 Å². The van der Waals surface area contributed by atoms with E-state index in [1.165, 1.54) is 5.56 Å². The number of nitrogens with one attached hydrogen (secondary N) is 2. The number of carbonyl (C=O) groups excluding carboxylic acids is 1. The van der Waals surface area contributed by atoms with Crippen LogP contribution in [0.5, 0.6) is 0 Å². The minimum atomic E-state index is 0.0531. The van der Waals surface area contributed by atoms with Gasteiger partial charge in [-0.2, -0.15) is 0 Å². The molecular weight excluding hydrogens is 236 g/mol. The lowest BCUT2D eigenvalue weighted by atomic mass is 10.1. The minimum Gasteiger partial charge on any atom is -0.326 e. The number of aryl methyl sites for hydroxylation is 2. The van der Waals surface area contributed by atoms with Crippen molar-refractivity contribution in [2.45, 2.75) is 53.0 Å².